The van der Waals surface area contributed by atoms with Crippen LogP contribution in [-0.4, -0.2) is 34.1 Å². The summed E-state index contributed by atoms with van der Waals surface area (Å²) in [5, 5.41) is 22.3. The molecule has 0 saturated carbocycles. The lowest BCUT2D eigenvalue weighted by atomic mass is 10.2. The van der Waals surface area contributed by atoms with Crippen LogP contribution in [0, 0.1) is 5.82 Å². The normalized spacial score (nSPS) is 13.4. The maximum atomic E-state index is 12.9. The number of benzene rings is 1. The second-order valence-electron chi connectivity index (χ2n) is 4.73. The zero-order valence-corrected chi connectivity index (χ0v) is 12.8. The Kier molecular flexibility index (Phi) is 4.23. The van der Waals surface area contributed by atoms with Crippen LogP contribution in [-0.2, 0) is 9.84 Å². The first-order valence-corrected chi connectivity index (χ1v) is 8.14. The molecule has 3 aromatic rings. The van der Waals surface area contributed by atoms with Gasteiger partial charge in [0, 0.05) is 11.6 Å². The number of rotatable bonds is 5. The molecular weight excluding hydrogens is 339 g/mol. The first-order valence-electron chi connectivity index (χ1n) is 6.65. The molecule has 0 aliphatic rings. The van der Waals surface area contributed by atoms with Crippen molar-refractivity contribution in [3.05, 3.63) is 59.9 Å². The van der Waals surface area contributed by atoms with Gasteiger partial charge >= 0.3 is 0 Å². The number of nitrogens with one attached hydrogen (secondary N) is 1. The van der Waals surface area contributed by atoms with E-state index in [1.54, 1.807) is 0 Å². The van der Waals surface area contributed by atoms with Gasteiger partial charge in [0.2, 0.25) is 20.8 Å². The molecule has 0 fully saturated rings. The van der Waals surface area contributed by atoms with Gasteiger partial charge in [-0.25, -0.2) is 12.8 Å². The molecule has 24 heavy (non-hydrogen) atoms. The van der Waals surface area contributed by atoms with Crippen molar-refractivity contribution >= 4 is 15.9 Å². The number of halogens is 1. The number of aromatic amines is 1. The second-order valence-corrected chi connectivity index (χ2v) is 6.61. The Hall–Kier alpha value is -2.85. The van der Waals surface area contributed by atoms with E-state index in [4.69, 9.17) is 4.42 Å². The molecule has 124 valence electrons. The number of hydrogen-bond acceptors (Lipinski definition) is 7. The molecule has 2 aromatic heterocycles. The van der Waals surface area contributed by atoms with Gasteiger partial charge < -0.3 is 9.52 Å². The molecule has 2 heterocycles. The number of tetrazole rings is 1. The van der Waals surface area contributed by atoms with Crippen LogP contribution >= 0.6 is 0 Å². The Balaban J connectivity index is 1.81. The molecule has 1 unspecified atom stereocenters. The third-order valence-corrected chi connectivity index (χ3v) is 4.72. The number of furan rings is 1. The van der Waals surface area contributed by atoms with Gasteiger partial charge in [-0.2, -0.15) is 5.21 Å². The molecule has 10 heteroatoms. The summed E-state index contributed by atoms with van der Waals surface area (Å²) in [6.07, 6.45) is 2.92. The van der Waals surface area contributed by atoms with Gasteiger partial charge in [-0.3, -0.25) is 0 Å². The predicted octanol–water partition coefficient (Wildman–Crippen LogP) is 1.51. The second kappa shape index (κ2) is 6.34. The Morgan fingerprint density at radius 3 is 2.71 bits per heavy atom. The van der Waals surface area contributed by atoms with E-state index >= 15 is 0 Å². The molecule has 3 rings (SSSR count). The fourth-order valence-corrected chi connectivity index (χ4v) is 3.06. The van der Waals surface area contributed by atoms with Gasteiger partial charge in [-0.15, -0.1) is 10.2 Å². The Bertz CT molecular complexity index is 949. The van der Waals surface area contributed by atoms with Crippen LogP contribution < -0.4 is 0 Å². The van der Waals surface area contributed by atoms with E-state index in [0.717, 1.165) is 24.3 Å². The van der Waals surface area contributed by atoms with Crippen LogP contribution in [0.5, 0.6) is 0 Å². The highest BCUT2D eigenvalue weighted by atomic mass is 32.2. The van der Waals surface area contributed by atoms with E-state index < -0.39 is 21.8 Å². The van der Waals surface area contributed by atoms with Crippen LogP contribution in [0.4, 0.5) is 4.39 Å². The molecule has 1 atom stereocenters. The summed E-state index contributed by atoms with van der Waals surface area (Å²) in [5.41, 5.74) is 0.415. The summed E-state index contributed by atoms with van der Waals surface area (Å²) in [5.74, 6) is -0.457. The van der Waals surface area contributed by atoms with E-state index in [2.05, 4.69) is 20.6 Å². The van der Waals surface area contributed by atoms with E-state index in [-0.39, 0.29) is 15.8 Å². The topological polar surface area (TPSA) is 122 Å². The lowest BCUT2D eigenvalue weighted by Crippen LogP contribution is -2.00. The highest BCUT2D eigenvalue weighted by molar-refractivity contribution is 7.91. The lowest BCUT2D eigenvalue weighted by molar-refractivity contribution is 0.219. The highest BCUT2D eigenvalue weighted by Crippen LogP contribution is 2.24. The fraction of sp³-hybridized carbons (Fsp3) is 0.0714. The molecule has 1 aromatic carbocycles. The predicted molar refractivity (Wildman–Crippen MR) is 78.7 cm³/mol. The van der Waals surface area contributed by atoms with Crippen molar-refractivity contribution < 1.29 is 22.3 Å². The third kappa shape index (κ3) is 3.24. The Morgan fingerprint density at radius 1 is 1.29 bits per heavy atom. The number of aliphatic hydroxyl groups excluding tert-OH is 1. The molecule has 0 aliphatic carbocycles. The molecular formula is C14H11FN4O4S. The zero-order valence-electron chi connectivity index (χ0n) is 12.0. The average molecular weight is 350 g/mol. The van der Waals surface area contributed by atoms with Gasteiger partial charge in [-0.05, 0) is 30.3 Å². The Morgan fingerprint density at radius 2 is 2.04 bits per heavy atom. The number of aromatic nitrogens is 4. The molecule has 0 saturated heterocycles. The lowest BCUT2D eigenvalue weighted by Gasteiger charge is -2.00. The van der Waals surface area contributed by atoms with Gasteiger partial charge in [0.1, 0.15) is 11.9 Å². The standard InChI is InChI=1S/C14H11FN4O4S/c15-10-2-4-11(5-3-10)24(21,22)13-7-9(8-23-13)1-6-12(20)14-16-18-19-17-14/h1-8,12,20H,(H,16,17,18,19). The summed E-state index contributed by atoms with van der Waals surface area (Å²) >= 11 is 0. The molecule has 0 amide bonds. The van der Waals surface area contributed by atoms with Gasteiger partial charge in [0.15, 0.2) is 0 Å². The van der Waals surface area contributed by atoms with Crippen LogP contribution in [0.3, 0.4) is 0 Å². The largest absolute Gasteiger partial charge is 0.452 e. The Labute approximate surface area is 135 Å². The van der Waals surface area contributed by atoms with Crippen molar-refractivity contribution in [2.24, 2.45) is 0 Å². The van der Waals surface area contributed by atoms with Crippen LogP contribution in [0.25, 0.3) is 6.08 Å². The number of aliphatic hydroxyl groups is 1. The van der Waals surface area contributed by atoms with E-state index in [1.165, 1.54) is 24.5 Å². The molecule has 2 N–H and O–H groups in total. The van der Waals surface area contributed by atoms with Crippen molar-refractivity contribution in [1.82, 2.24) is 20.6 Å². The SMILES string of the molecule is O=S(=O)(c1ccc(F)cc1)c1cc(C=CC(O)c2nn[nH]n2)co1. The van der Waals surface area contributed by atoms with Crippen molar-refractivity contribution in [2.45, 2.75) is 16.1 Å². The van der Waals surface area contributed by atoms with Gasteiger partial charge in [0.25, 0.3) is 0 Å². The molecule has 0 bridgehead atoms. The molecule has 0 radical (unpaired) electrons. The van der Waals surface area contributed by atoms with E-state index in [0.29, 0.717) is 5.56 Å². The fourth-order valence-electron chi connectivity index (χ4n) is 1.87. The maximum absolute atomic E-state index is 12.9. The van der Waals surface area contributed by atoms with Gasteiger partial charge in [-0.1, -0.05) is 11.3 Å². The number of hydrogen-bond donors (Lipinski definition) is 2. The maximum Gasteiger partial charge on any atom is 0.239 e. The smallest absolute Gasteiger partial charge is 0.239 e. The first kappa shape index (κ1) is 16.0. The van der Waals surface area contributed by atoms with Crippen molar-refractivity contribution in [3.63, 3.8) is 0 Å². The first-order chi connectivity index (χ1) is 11.5. The van der Waals surface area contributed by atoms with Crippen molar-refractivity contribution in [1.29, 1.82) is 0 Å². The highest BCUT2D eigenvalue weighted by Gasteiger charge is 2.21. The van der Waals surface area contributed by atoms with Crippen LogP contribution in [0.15, 0.2) is 57.1 Å². The minimum absolute atomic E-state index is 0.0777. The quantitative estimate of drug-likeness (QED) is 0.669. The van der Waals surface area contributed by atoms with Gasteiger partial charge in [0.05, 0.1) is 11.2 Å². The summed E-state index contributed by atoms with van der Waals surface area (Å²) in [4.78, 5) is -0.0828. The number of sulfone groups is 1. The minimum Gasteiger partial charge on any atom is -0.452 e. The third-order valence-electron chi connectivity index (χ3n) is 3.08. The molecule has 0 spiro atoms. The summed E-state index contributed by atoms with van der Waals surface area (Å²) in [6, 6.07) is 5.71. The summed E-state index contributed by atoms with van der Waals surface area (Å²) < 4.78 is 42.7. The number of nitrogens with zero attached hydrogens (tertiary/aromatic N) is 3. The van der Waals surface area contributed by atoms with E-state index in [9.17, 15) is 17.9 Å². The average Bonchev–Trinajstić information content (AvgIpc) is 3.25. The van der Waals surface area contributed by atoms with Crippen LogP contribution in [0.1, 0.15) is 17.5 Å². The molecule has 0 aliphatic heterocycles. The minimum atomic E-state index is -3.89. The summed E-state index contributed by atoms with van der Waals surface area (Å²) in [6.45, 7) is 0. The van der Waals surface area contributed by atoms with Crippen molar-refractivity contribution in [2.75, 3.05) is 0 Å². The number of H-pyrrole nitrogens is 1. The van der Waals surface area contributed by atoms with Crippen LogP contribution in [0.2, 0.25) is 0 Å². The monoisotopic (exact) mass is 350 g/mol. The zero-order chi connectivity index (χ0) is 17.2. The van der Waals surface area contributed by atoms with E-state index in [1.807, 2.05) is 0 Å². The molecule has 8 nitrogen and oxygen atoms in total. The van der Waals surface area contributed by atoms with Crippen molar-refractivity contribution in [3.8, 4) is 0 Å². The summed E-state index contributed by atoms with van der Waals surface area (Å²) in [7, 11) is -3.89.